The molecule has 0 unspecified atom stereocenters. The van der Waals surface area contributed by atoms with Crippen LogP contribution in [0.4, 0.5) is 0 Å². The molecule has 24 heavy (non-hydrogen) atoms. The minimum Gasteiger partial charge on any atom is -0.497 e. The number of ether oxygens (including phenoxy) is 2. The van der Waals surface area contributed by atoms with Gasteiger partial charge in [0.05, 0.1) is 18.9 Å². The number of amides is 1. The largest absolute Gasteiger partial charge is 0.497 e. The first-order chi connectivity index (χ1) is 11.6. The minimum absolute atomic E-state index is 0.179. The molecule has 0 fully saturated rings. The molecule has 0 radical (unpaired) electrons. The van der Waals surface area contributed by atoms with Crippen LogP contribution in [0.25, 0.3) is 0 Å². The summed E-state index contributed by atoms with van der Waals surface area (Å²) in [5, 5.41) is 12.6. The van der Waals surface area contributed by atoms with Crippen LogP contribution in [0.5, 0.6) is 11.5 Å². The van der Waals surface area contributed by atoms with Crippen LogP contribution in [0.3, 0.4) is 0 Å². The van der Waals surface area contributed by atoms with Crippen molar-refractivity contribution < 1.29 is 24.2 Å². The standard InChI is InChI=1S/C17H16N2O5/c1-23-14-6-8-15(9-7-14)24-11-16(20)19-18-10-12-2-4-13(5-3-12)17(21)22/h2-10H,11H2,1H3,(H,19,20)(H,21,22)/b18-10-. The number of carbonyl (C=O) groups is 2. The van der Waals surface area contributed by atoms with E-state index in [2.05, 4.69) is 10.5 Å². The Kier molecular flexibility index (Phi) is 5.90. The Balaban J connectivity index is 1.78. The number of hydrogen-bond donors (Lipinski definition) is 2. The van der Waals surface area contributed by atoms with Gasteiger partial charge in [-0.1, -0.05) is 12.1 Å². The van der Waals surface area contributed by atoms with Gasteiger partial charge >= 0.3 is 5.97 Å². The van der Waals surface area contributed by atoms with E-state index in [4.69, 9.17) is 14.6 Å². The zero-order valence-corrected chi connectivity index (χ0v) is 12.9. The zero-order chi connectivity index (χ0) is 17.4. The fraction of sp³-hybridized carbons (Fsp3) is 0.118. The van der Waals surface area contributed by atoms with Crippen LogP contribution in [-0.2, 0) is 4.79 Å². The lowest BCUT2D eigenvalue weighted by Crippen LogP contribution is -2.24. The average molecular weight is 328 g/mol. The van der Waals surface area contributed by atoms with Crippen LogP contribution < -0.4 is 14.9 Å². The van der Waals surface area contributed by atoms with E-state index in [9.17, 15) is 9.59 Å². The van der Waals surface area contributed by atoms with Gasteiger partial charge in [-0.25, -0.2) is 10.2 Å². The molecule has 0 atom stereocenters. The first kappa shape index (κ1) is 17.0. The van der Waals surface area contributed by atoms with Crippen molar-refractivity contribution in [1.29, 1.82) is 0 Å². The van der Waals surface area contributed by atoms with E-state index in [1.165, 1.54) is 18.3 Å². The van der Waals surface area contributed by atoms with Gasteiger partial charge in [-0.3, -0.25) is 4.79 Å². The van der Waals surface area contributed by atoms with Crippen molar-refractivity contribution in [3.05, 3.63) is 59.7 Å². The third-order valence-corrected chi connectivity index (χ3v) is 2.99. The number of nitrogens with one attached hydrogen (secondary N) is 1. The number of hydrogen-bond acceptors (Lipinski definition) is 5. The predicted octanol–water partition coefficient (Wildman–Crippen LogP) is 1.92. The maximum Gasteiger partial charge on any atom is 0.335 e. The highest BCUT2D eigenvalue weighted by Crippen LogP contribution is 2.16. The van der Waals surface area contributed by atoms with Crippen LogP contribution in [0.15, 0.2) is 53.6 Å². The van der Waals surface area contributed by atoms with Crippen LogP contribution in [0, 0.1) is 0 Å². The van der Waals surface area contributed by atoms with Gasteiger partial charge in [-0.15, -0.1) is 0 Å². The van der Waals surface area contributed by atoms with E-state index in [0.717, 1.165) is 0 Å². The number of nitrogens with zero attached hydrogens (tertiary/aromatic N) is 1. The molecule has 0 heterocycles. The molecule has 7 nitrogen and oxygen atoms in total. The molecular weight excluding hydrogens is 312 g/mol. The topological polar surface area (TPSA) is 97.2 Å². The fourth-order valence-corrected chi connectivity index (χ4v) is 1.74. The number of aromatic carboxylic acids is 1. The number of rotatable bonds is 7. The lowest BCUT2D eigenvalue weighted by Gasteiger charge is -2.05. The number of hydrazone groups is 1. The summed E-state index contributed by atoms with van der Waals surface area (Å²) in [6.45, 7) is -0.179. The van der Waals surface area contributed by atoms with Gasteiger partial charge < -0.3 is 14.6 Å². The summed E-state index contributed by atoms with van der Waals surface area (Å²) < 4.78 is 10.3. The van der Waals surface area contributed by atoms with E-state index in [-0.39, 0.29) is 12.2 Å². The minimum atomic E-state index is -0.998. The molecular formula is C17H16N2O5. The average Bonchev–Trinajstić information content (AvgIpc) is 2.61. The fourth-order valence-electron chi connectivity index (χ4n) is 1.74. The summed E-state index contributed by atoms with van der Waals surface area (Å²) in [6, 6.07) is 12.9. The first-order valence-corrected chi connectivity index (χ1v) is 7.00. The predicted molar refractivity (Wildman–Crippen MR) is 87.6 cm³/mol. The van der Waals surface area contributed by atoms with Crippen molar-refractivity contribution in [2.45, 2.75) is 0 Å². The Bertz CT molecular complexity index is 724. The second-order valence-corrected chi connectivity index (χ2v) is 4.68. The molecule has 2 aromatic carbocycles. The number of benzene rings is 2. The van der Waals surface area contributed by atoms with E-state index in [0.29, 0.717) is 17.1 Å². The van der Waals surface area contributed by atoms with Gasteiger partial charge in [0.15, 0.2) is 6.61 Å². The molecule has 124 valence electrons. The van der Waals surface area contributed by atoms with Crippen molar-refractivity contribution in [3.63, 3.8) is 0 Å². The highest BCUT2D eigenvalue weighted by atomic mass is 16.5. The Morgan fingerprint density at radius 3 is 2.29 bits per heavy atom. The van der Waals surface area contributed by atoms with E-state index in [1.54, 1.807) is 43.5 Å². The van der Waals surface area contributed by atoms with Crippen molar-refractivity contribution in [2.75, 3.05) is 13.7 Å². The molecule has 0 saturated carbocycles. The molecule has 2 aromatic rings. The molecule has 7 heteroatoms. The molecule has 0 aromatic heterocycles. The van der Waals surface area contributed by atoms with Crippen LogP contribution in [0.1, 0.15) is 15.9 Å². The lowest BCUT2D eigenvalue weighted by molar-refractivity contribution is -0.123. The molecule has 1 amide bonds. The quantitative estimate of drug-likeness (QED) is 0.598. The number of carboxylic acid groups (broad SMARTS) is 1. The molecule has 0 aliphatic rings. The normalized spacial score (nSPS) is 10.4. The number of methoxy groups -OCH3 is 1. The van der Waals surface area contributed by atoms with E-state index in [1.807, 2.05) is 0 Å². The van der Waals surface area contributed by atoms with E-state index < -0.39 is 11.9 Å². The maximum absolute atomic E-state index is 11.6. The summed E-state index contributed by atoms with van der Waals surface area (Å²) in [5.74, 6) is -0.170. The summed E-state index contributed by atoms with van der Waals surface area (Å²) in [6.07, 6.45) is 1.41. The zero-order valence-electron chi connectivity index (χ0n) is 12.9. The molecule has 0 spiro atoms. The third-order valence-electron chi connectivity index (χ3n) is 2.99. The van der Waals surface area contributed by atoms with Gasteiger partial charge in [0.1, 0.15) is 11.5 Å². The van der Waals surface area contributed by atoms with Gasteiger partial charge in [0.25, 0.3) is 5.91 Å². The molecule has 0 saturated heterocycles. The number of carboxylic acids is 1. The molecule has 2 rings (SSSR count). The van der Waals surface area contributed by atoms with E-state index >= 15 is 0 Å². The smallest absolute Gasteiger partial charge is 0.335 e. The maximum atomic E-state index is 11.6. The number of carbonyl (C=O) groups excluding carboxylic acids is 1. The van der Waals surface area contributed by atoms with Crippen LogP contribution in [0.2, 0.25) is 0 Å². The monoisotopic (exact) mass is 328 g/mol. The second kappa shape index (κ2) is 8.33. The first-order valence-electron chi connectivity index (χ1n) is 7.00. The van der Waals surface area contributed by atoms with Crippen molar-refractivity contribution in [3.8, 4) is 11.5 Å². The van der Waals surface area contributed by atoms with Gasteiger partial charge in [0, 0.05) is 0 Å². The summed E-state index contributed by atoms with van der Waals surface area (Å²) >= 11 is 0. The summed E-state index contributed by atoms with van der Waals surface area (Å²) in [4.78, 5) is 22.3. The van der Waals surface area contributed by atoms with Gasteiger partial charge in [0.2, 0.25) is 0 Å². The Labute approximate surface area is 138 Å². The van der Waals surface area contributed by atoms with Crippen LogP contribution in [-0.4, -0.2) is 36.9 Å². The second-order valence-electron chi connectivity index (χ2n) is 4.68. The lowest BCUT2D eigenvalue weighted by atomic mass is 10.1. The van der Waals surface area contributed by atoms with Crippen LogP contribution >= 0.6 is 0 Å². The Morgan fingerprint density at radius 1 is 1.08 bits per heavy atom. The molecule has 2 N–H and O–H groups in total. The third kappa shape index (κ3) is 5.13. The highest BCUT2D eigenvalue weighted by Gasteiger charge is 2.02. The summed E-state index contributed by atoms with van der Waals surface area (Å²) in [5.41, 5.74) is 3.17. The highest BCUT2D eigenvalue weighted by molar-refractivity contribution is 5.89. The summed E-state index contributed by atoms with van der Waals surface area (Å²) in [7, 11) is 1.57. The van der Waals surface area contributed by atoms with Crippen molar-refractivity contribution in [2.24, 2.45) is 5.10 Å². The molecule has 0 bridgehead atoms. The molecule has 0 aliphatic carbocycles. The Hall–Kier alpha value is -3.35. The van der Waals surface area contributed by atoms with Crippen molar-refractivity contribution >= 4 is 18.1 Å². The Morgan fingerprint density at radius 2 is 1.71 bits per heavy atom. The SMILES string of the molecule is COc1ccc(OCC(=O)N/N=C\c2ccc(C(=O)O)cc2)cc1. The van der Waals surface area contributed by atoms with Gasteiger partial charge in [-0.05, 0) is 42.0 Å². The van der Waals surface area contributed by atoms with Gasteiger partial charge in [-0.2, -0.15) is 5.10 Å². The molecule has 0 aliphatic heterocycles. The van der Waals surface area contributed by atoms with Crippen molar-refractivity contribution in [1.82, 2.24) is 5.43 Å².